The van der Waals surface area contributed by atoms with Gasteiger partial charge in [-0.15, -0.1) is 0 Å². The third-order valence-electron chi connectivity index (χ3n) is 1.78. The Morgan fingerprint density at radius 3 is 2.31 bits per heavy atom. The lowest BCUT2D eigenvalue weighted by molar-refractivity contribution is -0.141. The molecule has 1 N–H and O–H groups in total. The summed E-state index contributed by atoms with van der Waals surface area (Å²) >= 11 is 2.53. The molecule has 1 aromatic heterocycles. The molecule has 0 spiro atoms. The zero-order valence-corrected chi connectivity index (χ0v) is 9.11. The van der Waals surface area contributed by atoms with Gasteiger partial charge in [0.15, 0.2) is 0 Å². The minimum Gasteiger partial charge on any atom is -0.392 e. The molecule has 1 heterocycles. The second kappa shape index (κ2) is 4.62. The van der Waals surface area contributed by atoms with Crippen molar-refractivity contribution >= 4 is 15.9 Å². The summed E-state index contributed by atoms with van der Waals surface area (Å²) in [4.78, 5) is 2.97. The van der Waals surface area contributed by atoms with Crippen LogP contribution < -0.4 is 0 Å². The third-order valence-corrected chi connectivity index (χ3v) is 2.38. The van der Waals surface area contributed by atoms with E-state index in [4.69, 9.17) is 5.11 Å². The fourth-order valence-corrected chi connectivity index (χ4v) is 1.70. The van der Waals surface area contributed by atoms with E-state index in [-0.39, 0.29) is 0 Å². The van der Waals surface area contributed by atoms with Crippen molar-refractivity contribution in [3.63, 3.8) is 0 Å². The van der Waals surface area contributed by atoms with Crippen LogP contribution in [0.4, 0.5) is 22.0 Å². The predicted octanol–water partition coefficient (Wildman–Crippen LogP) is 3.29. The number of alkyl halides is 5. The van der Waals surface area contributed by atoms with Gasteiger partial charge in [0.1, 0.15) is 10.3 Å². The van der Waals surface area contributed by atoms with Crippen molar-refractivity contribution in [2.45, 2.75) is 19.2 Å². The van der Waals surface area contributed by atoms with Crippen LogP contribution in [0.5, 0.6) is 0 Å². The number of hydrogen-bond donors (Lipinski definition) is 1. The number of aliphatic hydroxyl groups is 1. The second-order valence-electron chi connectivity index (χ2n) is 2.83. The highest BCUT2D eigenvalue weighted by Crippen LogP contribution is 2.35. The van der Waals surface area contributed by atoms with Crippen LogP contribution in [0.15, 0.2) is 10.7 Å². The summed E-state index contributed by atoms with van der Waals surface area (Å²) in [6, 6.07) is 0.409. The summed E-state index contributed by atoms with van der Waals surface area (Å²) < 4.78 is 61.1. The topological polar surface area (TPSA) is 33.1 Å². The van der Waals surface area contributed by atoms with Crippen LogP contribution in [0.1, 0.15) is 23.2 Å². The molecule has 0 radical (unpaired) electrons. The molecule has 0 amide bonds. The van der Waals surface area contributed by atoms with Crippen LogP contribution in [0.25, 0.3) is 0 Å². The number of hydrogen-bond acceptors (Lipinski definition) is 2. The van der Waals surface area contributed by atoms with E-state index in [0.717, 1.165) is 0 Å². The molecule has 1 rings (SSSR count). The summed E-state index contributed by atoms with van der Waals surface area (Å²) in [5.41, 5.74) is -2.55. The second-order valence-corrected chi connectivity index (χ2v) is 3.58. The molecule has 0 saturated heterocycles. The zero-order chi connectivity index (χ0) is 12.5. The molecule has 0 aliphatic carbocycles. The number of rotatable bonds is 2. The van der Waals surface area contributed by atoms with Gasteiger partial charge < -0.3 is 5.11 Å². The maximum absolute atomic E-state index is 12.4. The summed E-state index contributed by atoms with van der Waals surface area (Å²) in [5, 5.41) is 8.73. The van der Waals surface area contributed by atoms with E-state index in [1.807, 2.05) is 0 Å². The van der Waals surface area contributed by atoms with Gasteiger partial charge in [-0.3, -0.25) is 0 Å². The van der Waals surface area contributed by atoms with Gasteiger partial charge in [-0.1, -0.05) is 0 Å². The van der Waals surface area contributed by atoms with Crippen LogP contribution in [-0.4, -0.2) is 10.1 Å². The summed E-state index contributed by atoms with van der Waals surface area (Å²) in [7, 11) is 0. The Morgan fingerprint density at radius 1 is 1.38 bits per heavy atom. The van der Waals surface area contributed by atoms with Gasteiger partial charge in [-0.05, 0) is 27.6 Å². The highest BCUT2D eigenvalue weighted by molar-refractivity contribution is 9.10. The first kappa shape index (κ1) is 13.3. The predicted molar refractivity (Wildman–Crippen MR) is 47.8 cm³/mol. The number of aliphatic hydroxyl groups excluding tert-OH is 1. The van der Waals surface area contributed by atoms with Crippen molar-refractivity contribution in [3.8, 4) is 0 Å². The smallest absolute Gasteiger partial charge is 0.392 e. The molecule has 0 saturated carbocycles. The maximum Gasteiger partial charge on any atom is 0.433 e. The third kappa shape index (κ3) is 2.67. The Bertz CT molecular complexity index is 393. The van der Waals surface area contributed by atoms with Crippen LogP contribution in [-0.2, 0) is 12.8 Å². The molecule has 90 valence electrons. The molecule has 0 unspecified atom stereocenters. The standard InChI is InChI=1S/C8H5BrF5NO/c9-6-5(7(10)11)3(2-16)1-4(15-6)8(12,13)14/h1,7,16H,2H2. The van der Waals surface area contributed by atoms with E-state index in [1.165, 1.54) is 0 Å². The molecule has 0 atom stereocenters. The Kier molecular flexibility index (Phi) is 3.84. The first-order chi connectivity index (χ1) is 7.27. The van der Waals surface area contributed by atoms with E-state index in [0.29, 0.717) is 6.07 Å². The van der Waals surface area contributed by atoms with Crippen molar-refractivity contribution in [1.82, 2.24) is 4.98 Å². The average Bonchev–Trinajstić information content (AvgIpc) is 2.14. The molecule has 0 aliphatic rings. The lowest BCUT2D eigenvalue weighted by Gasteiger charge is -2.12. The molecule has 8 heteroatoms. The first-order valence-electron chi connectivity index (χ1n) is 3.93. The molecular weight excluding hydrogens is 301 g/mol. The van der Waals surface area contributed by atoms with Gasteiger partial charge in [0.2, 0.25) is 0 Å². The summed E-state index contributed by atoms with van der Waals surface area (Å²) in [6.07, 6.45) is -7.75. The van der Waals surface area contributed by atoms with Gasteiger partial charge >= 0.3 is 6.18 Å². The average molecular weight is 306 g/mol. The largest absolute Gasteiger partial charge is 0.433 e. The van der Waals surface area contributed by atoms with E-state index in [1.54, 1.807) is 0 Å². The van der Waals surface area contributed by atoms with Crippen LogP contribution in [0.3, 0.4) is 0 Å². The molecule has 0 fully saturated rings. The van der Waals surface area contributed by atoms with E-state index in [9.17, 15) is 22.0 Å². The molecule has 0 aliphatic heterocycles. The fourth-order valence-electron chi connectivity index (χ4n) is 1.08. The Balaban J connectivity index is 3.38. The van der Waals surface area contributed by atoms with E-state index >= 15 is 0 Å². The van der Waals surface area contributed by atoms with Gasteiger partial charge in [0.05, 0.1) is 12.2 Å². The molecule has 0 aromatic carbocycles. The van der Waals surface area contributed by atoms with Gasteiger partial charge in [0, 0.05) is 0 Å². The zero-order valence-electron chi connectivity index (χ0n) is 7.52. The lowest BCUT2D eigenvalue weighted by Crippen LogP contribution is -2.11. The fraction of sp³-hybridized carbons (Fsp3) is 0.375. The molecule has 16 heavy (non-hydrogen) atoms. The number of pyridine rings is 1. The van der Waals surface area contributed by atoms with Gasteiger partial charge in [-0.2, -0.15) is 13.2 Å². The highest BCUT2D eigenvalue weighted by Gasteiger charge is 2.34. The highest BCUT2D eigenvalue weighted by atomic mass is 79.9. The van der Waals surface area contributed by atoms with Crippen molar-refractivity contribution in [2.24, 2.45) is 0 Å². The van der Waals surface area contributed by atoms with Crippen molar-refractivity contribution in [1.29, 1.82) is 0 Å². The van der Waals surface area contributed by atoms with E-state index < -0.39 is 40.6 Å². The van der Waals surface area contributed by atoms with Crippen molar-refractivity contribution < 1.29 is 27.1 Å². The monoisotopic (exact) mass is 305 g/mol. The first-order valence-corrected chi connectivity index (χ1v) is 4.72. The van der Waals surface area contributed by atoms with Crippen molar-refractivity contribution in [3.05, 3.63) is 27.5 Å². The minimum atomic E-state index is -4.74. The van der Waals surface area contributed by atoms with Crippen LogP contribution in [0, 0.1) is 0 Å². The number of nitrogens with zero attached hydrogens (tertiary/aromatic N) is 1. The van der Waals surface area contributed by atoms with E-state index in [2.05, 4.69) is 20.9 Å². The maximum atomic E-state index is 12.4. The summed E-state index contributed by atoms with van der Waals surface area (Å²) in [5.74, 6) is 0. The SMILES string of the molecule is OCc1cc(C(F)(F)F)nc(Br)c1C(F)F. The van der Waals surface area contributed by atoms with Crippen molar-refractivity contribution in [2.75, 3.05) is 0 Å². The Hall–Kier alpha value is -0.760. The Labute approximate surface area is 95.2 Å². The lowest BCUT2D eigenvalue weighted by atomic mass is 10.1. The molecular formula is C8H5BrF5NO. The van der Waals surface area contributed by atoms with Crippen LogP contribution in [0.2, 0.25) is 0 Å². The Morgan fingerprint density at radius 2 is 1.94 bits per heavy atom. The quantitative estimate of drug-likeness (QED) is 0.672. The number of aromatic nitrogens is 1. The van der Waals surface area contributed by atoms with Gasteiger partial charge in [-0.25, -0.2) is 13.8 Å². The van der Waals surface area contributed by atoms with Gasteiger partial charge in [0.25, 0.3) is 6.43 Å². The summed E-state index contributed by atoms with van der Waals surface area (Å²) in [6.45, 7) is -0.913. The van der Waals surface area contributed by atoms with Crippen LogP contribution >= 0.6 is 15.9 Å². The molecule has 2 nitrogen and oxygen atoms in total. The minimum absolute atomic E-state index is 0.409. The molecule has 0 bridgehead atoms. The number of halogens is 6. The normalized spacial score (nSPS) is 12.2. The molecule has 1 aromatic rings.